The predicted molar refractivity (Wildman–Crippen MR) is 167 cm³/mol. The number of nitrogens with zero attached hydrogens (tertiary/aromatic N) is 3. The molecule has 0 spiro atoms. The van der Waals surface area contributed by atoms with Gasteiger partial charge in [0.15, 0.2) is 5.78 Å². The van der Waals surface area contributed by atoms with Crippen LogP contribution in [-0.2, 0) is 20.8 Å². The molecule has 2 N–H and O–H groups in total. The van der Waals surface area contributed by atoms with Crippen LogP contribution in [0.2, 0.25) is 0 Å². The summed E-state index contributed by atoms with van der Waals surface area (Å²) >= 11 is 0. The predicted octanol–water partition coefficient (Wildman–Crippen LogP) is 6.98. The number of allylic oxidation sites excluding steroid dienone is 3. The van der Waals surface area contributed by atoms with Crippen molar-refractivity contribution in [2.75, 3.05) is 19.6 Å². The molecule has 1 aromatic heterocycles. The van der Waals surface area contributed by atoms with Crippen LogP contribution in [0.15, 0.2) is 78.0 Å². The van der Waals surface area contributed by atoms with Crippen molar-refractivity contribution in [2.45, 2.75) is 77.6 Å². The minimum absolute atomic E-state index is 0.0912. The van der Waals surface area contributed by atoms with E-state index in [0.29, 0.717) is 37.8 Å². The van der Waals surface area contributed by atoms with Gasteiger partial charge in [0.05, 0.1) is 0 Å². The number of pyridine rings is 1. The van der Waals surface area contributed by atoms with Crippen molar-refractivity contribution in [1.29, 1.82) is 0 Å². The summed E-state index contributed by atoms with van der Waals surface area (Å²) in [4.78, 5) is 48.9. The van der Waals surface area contributed by atoms with Crippen molar-refractivity contribution < 1.29 is 14.4 Å². The standard InChI is InChI=1S/C34H46N4O4/c1-3-28(11-9-23-42-35)33(39)12-4-5-13-34(40)31(19-14-27-10-8-20-36-24-27)32(25-38-21-6-7-22-38)26(2)29-15-17-30(37-41)18-16-29/h3,8-10,15-18,20,23-24,26,31-32H,4-7,11-14,19,21-22,25,35H2,1-2H3/b23-9?,28-3+. The number of nitroso groups, excluding NO2 is 1. The molecule has 1 aromatic carbocycles. The first kappa shape index (κ1) is 33.0. The molecule has 0 bridgehead atoms. The quantitative estimate of drug-likeness (QED) is 0.0632. The van der Waals surface area contributed by atoms with Gasteiger partial charge in [-0.25, -0.2) is 0 Å². The van der Waals surface area contributed by atoms with Crippen molar-refractivity contribution in [3.05, 3.63) is 88.8 Å². The van der Waals surface area contributed by atoms with Crippen molar-refractivity contribution in [1.82, 2.24) is 9.88 Å². The third-order valence-electron chi connectivity index (χ3n) is 8.53. The summed E-state index contributed by atoms with van der Waals surface area (Å²) in [7, 11) is 0. The molecule has 0 saturated carbocycles. The molecule has 2 aromatic rings. The second-order valence-electron chi connectivity index (χ2n) is 11.3. The normalized spacial score (nSPS) is 16.3. The number of carbonyl (C=O) groups excluding carboxylic acids is 2. The zero-order chi connectivity index (χ0) is 30.2. The lowest BCUT2D eigenvalue weighted by atomic mass is 9.73. The molecule has 8 heteroatoms. The van der Waals surface area contributed by atoms with Crippen LogP contribution in [0, 0.1) is 16.7 Å². The maximum absolute atomic E-state index is 14.0. The molecular weight excluding hydrogens is 528 g/mol. The Balaban J connectivity index is 1.74. The summed E-state index contributed by atoms with van der Waals surface area (Å²) in [5.74, 6) is 5.49. The molecule has 42 heavy (non-hydrogen) atoms. The Bertz CT molecular complexity index is 1170. The van der Waals surface area contributed by atoms with Gasteiger partial charge in [-0.05, 0) is 123 Å². The average molecular weight is 575 g/mol. The second kappa shape index (κ2) is 18.1. The molecule has 1 aliphatic rings. The van der Waals surface area contributed by atoms with Crippen molar-refractivity contribution in [3.8, 4) is 0 Å². The molecule has 226 valence electrons. The highest BCUT2D eigenvalue weighted by molar-refractivity contribution is 5.95. The van der Waals surface area contributed by atoms with Gasteiger partial charge in [0.25, 0.3) is 0 Å². The third-order valence-corrected chi connectivity index (χ3v) is 8.53. The van der Waals surface area contributed by atoms with Gasteiger partial charge in [0.2, 0.25) is 0 Å². The van der Waals surface area contributed by atoms with E-state index in [1.165, 1.54) is 19.1 Å². The number of rotatable bonds is 19. The lowest BCUT2D eigenvalue weighted by molar-refractivity contribution is -0.125. The summed E-state index contributed by atoms with van der Waals surface area (Å²) in [6.45, 7) is 7.04. The Kier molecular flexibility index (Phi) is 14.3. The molecule has 0 radical (unpaired) electrons. The molecule has 0 aliphatic carbocycles. The van der Waals surface area contributed by atoms with Crippen molar-refractivity contribution in [3.63, 3.8) is 0 Å². The molecule has 8 nitrogen and oxygen atoms in total. The fourth-order valence-corrected chi connectivity index (χ4v) is 6.02. The lowest BCUT2D eigenvalue weighted by Gasteiger charge is -2.35. The summed E-state index contributed by atoms with van der Waals surface area (Å²) in [6.07, 6.45) is 15.1. The molecule has 3 rings (SSSR count). The highest BCUT2D eigenvalue weighted by Gasteiger charge is 2.34. The van der Waals surface area contributed by atoms with Gasteiger partial charge in [-0.1, -0.05) is 31.2 Å². The topological polar surface area (TPSA) is 115 Å². The molecule has 1 aliphatic heterocycles. The van der Waals surface area contributed by atoms with Gasteiger partial charge >= 0.3 is 0 Å². The number of aryl methyl sites for hydroxylation is 1. The highest BCUT2D eigenvalue weighted by Crippen LogP contribution is 2.36. The van der Waals surface area contributed by atoms with E-state index < -0.39 is 0 Å². The van der Waals surface area contributed by atoms with Crippen LogP contribution in [-0.4, -0.2) is 41.1 Å². The van der Waals surface area contributed by atoms with Crippen LogP contribution < -0.4 is 5.90 Å². The van der Waals surface area contributed by atoms with E-state index in [1.807, 2.05) is 37.4 Å². The number of hydrogen-bond donors (Lipinski definition) is 1. The van der Waals surface area contributed by atoms with Gasteiger partial charge < -0.3 is 9.74 Å². The number of Topliss-reactive ketones (excluding diaryl/α,β-unsaturated/α-hetero) is 2. The Hall–Kier alpha value is -3.49. The van der Waals surface area contributed by atoms with E-state index in [9.17, 15) is 14.5 Å². The van der Waals surface area contributed by atoms with Gasteiger partial charge in [0.1, 0.15) is 17.7 Å². The molecule has 2 heterocycles. The first-order valence-corrected chi connectivity index (χ1v) is 15.2. The number of hydrogen-bond acceptors (Lipinski definition) is 8. The van der Waals surface area contributed by atoms with E-state index in [1.54, 1.807) is 24.4 Å². The Morgan fingerprint density at radius 3 is 2.50 bits per heavy atom. The van der Waals surface area contributed by atoms with Crippen LogP contribution in [0.1, 0.15) is 82.3 Å². The Morgan fingerprint density at radius 2 is 1.86 bits per heavy atom. The fraction of sp³-hybridized carbons (Fsp3) is 0.500. The van der Waals surface area contributed by atoms with E-state index in [4.69, 9.17) is 5.90 Å². The first-order chi connectivity index (χ1) is 20.5. The molecule has 0 amide bonds. The van der Waals surface area contributed by atoms with E-state index in [2.05, 4.69) is 32.9 Å². The van der Waals surface area contributed by atoms with Crippen molar-refractivity contribution in [2.24, 2.45) is 22.9 Å². The third kappa shape index (κ3) is 10.4. The number of carbonyl (C=O) groups is 2. The maximum Gasteiger partial charge on any atom is 0.158 e. The largest absolute Gasteiger partial charge is 0.420 e. The van der Waals surface area contributed by atoms with Crippen LogP contribution in [0.5, 0.6) is 0 Å². The number of ketones is 2. The van der Waals surface area contributed by atoms with Gasteiger partial charge in [-0.2, -0.15) is 5.90 Å². The Labute approximate surface area is 250 Å². The number of aromatic nitrogens is 1. The summed E-state index contributed by atoms with van der Waals surface area (Å²) in [5, 5.41) is 3.05. The highest BCUT2D eigenvalue weighted by atomic mass is 16.6. The minimum atomic E-state index is -0.132. The van der Waals surface area contributed by atoms with E-state index >= 15 is 0 Å². The fourth-order valence-electron chi connectivity index (χ4n) is 6.02. The molecule has 1 saturated heterocycles. The lowest BCUT2D eigenvalue weighted by Crippen LogP contribution is -2.37. The summed E-state index contributed by atoms with van der Waals surface area (Å²) < 4.78 is 0. The number of nitrogens with two attached hydrogens (primary N) is 1. The maximum atomic E-state index is 14.0. The smallest absolute Gasteiger partial charge is 0.158 e. The van der Waals surface area contributed by atoms with Gasteiger partial charge in [-0.3, -0.25) is 14.6 Å². The molecule has 3 atom stereocenters. The van der Waals surface area contributed by atoms with Gasteiger partial charge in [-0.15, -0.1) is 4.91 Å². The van der Waals surface area contributed by atoms with Crippen LogP contribution in [0.25, 0.3) is 0 Å². The molecule has 1 fully saturated rings. The minimum Gasteiger partial charge on any atom is -0.420 e. The van der Waals surface area contributed by atoms with E-state index in [-0.39, 0.29) is 29.3 Å². The first-order valence-electron chi connectivity index (χ1n) is 15.2. The number of likely N-dealkylation sites (tertiary alicyclic amines) is 1. The van der Waals surface area contributed by atoms with Crippen LogP contribution in [0.3, 0.4) is 0 Å². The number of benzene rings is 1. The van der Waals surface area contributed by atoms with Crippen LogP contribution >= 0.6 is 0 Å². The van der Waals surface area contributed by atoms with Crippen molar-refractivity contribution >= 4 is 17.3 Å². The second-order valence-corrected chi connectivity index (χ2v) is 11.3. The van der Waals surface area contributed by atoms with Gasteiger partial charge in [0, 0.05) is 37.7 Å². The zero-order valence-corrected chi connectivity index (χ0v) is 25.1. The zero-order valence-electron chi connectivity index (χ0n) is 25.1. The molecule has 3 unspecified atom stereocenters. The monoisotopic (exact) mass is 574 g/mol. The molecular formula is C34H46N4O4. The average Bonchev–Trinajstić information content (AvgIpc) is 3.54. The SMILES string of the molecule is C/C=C(\CC=CON)C(=O)CCCCC(=O)C(CCc1cccnc1)C(CN1CCCC1)C(C)c1ccc(N=O)cc1. The number of unbranched alkanes of at least 4 members (excludes halogenated alkanes) is 1. The summed E-state index contributed by atoms with van der Waals surface area (Å²) in [6, 6.07) is 11.5. The van der Waals surface area contributed by atoms with E-state index in [0.717, 1.165) is 49.2 Å². The summed E-state index contributed by atoms with van der Waals surface area (Å²) in [5.41, 5.74) is 3.37. The Morgan fingerprint density at radius 1 is 1.12 bits per heavy atom. The van der Waals surface area contributed by atoms with Crippen LogP contribution in [0.4, 0.5) is 5.69 Å².